The smallest absolute Gasteiger partial charge is 0.232 e. The summed E-state index contributed by atoms with van der Waals surface area (Å²) in [7, 11) is 1.79. The van der Waals surface area contributed by atoms with Crippen LogP contribution in [0.15, 0.2) is 41.2 Å². The standard InChI is InChI=1S/C21H26N4O2/c1-15-22-11-12-25(15)14-16-5-4-6-17(13-16)19-23-20(27-24-19)21(2)9-7-18(26-3)8-10-21/h4-6,11-13,18H,7-10,14H2,1-3H3. The molecule has 1 fully saturated rings. The molecule has 0 aliphatic heterocycles. The van der Waals surface area contributed by atoms with Crippen molar-refractivity contribution in [3.63, 3.8) is 0 Å². The largest absolute Gasteiger partial charge is 0.381 e. The Labute approximate surface area is 159 Å². The van der Waals surface area contributed by atoms with E-state index in [4.69, 9.17) is 14.2 Å². The van der Waals surface area contributed by atoms with E-state index in [-0.39, 0.29) is 5.41 Å². The maximum atomic E-state index is 5.68. The Bertz CT molecular complexity index is 906. The lowest BCUT2D eigenvalue weighted by atomic mass is 9.74. The van der Waals surface area contributed by atoms with Crippen molar-refractivity contribution < 1.29 is 9.26 Å². The summed E-state index contributed by atoms with van der Waals surface area (Å²) in [5.41, 5.74) is 2.10. The summed E-state index contributed by atoms with van der Waals surface area (Å²) in [6.45, 7) is 5.00. The Morgan fingerprint density at radius 3 is 2.81 bits per heavy atom. The van der Waals surface area contributed by atoms with Gasteiger partial charge >= 0.3 is 0 Å². The Morgan fingerprint density at radius 2 is 2.11 bits per heavy atom. The van der Waals surface area contributed by atoms with Gasteiger partial charge in [-0.25, -0.2) is 4.98 Å². The number of benzene rings is 1. The minimum absolute atomic E-state index is 0.0637. The zero-order chi connectivity index (χ0) is 18.9. The Hall–Kier alpha value is -2.47. The predicted octanol–water partition coefficient (Wildman–Crippen LogP) is 4.14. The molecule has 1 aliphatic carbocycles. The number of hydrogen-bond donors (Lipinski definition) is 0. The number of hydrogen-bond acceptors (Lipinski definition) is 5. The molecule has 4 rings (SSSR count). The normalized spacial score (nSPS) is 22.9. The topological polar surface area (TPSA) is 66.0 Å². The monoisotopic (exact) mass is 366 g/mol. The molecule has 0 unspecified atom stereocenters. The van der Waals surface area contributed by atoms with E-state index in [1.165, 1.54) is 5.56 Å². The number of ether oxygens (including phenoxy) is 1. The van der Waals surface area contributed by atoms with Crippen molar-refractivity contribution in [3.8, 4) is 11.4 Å². The van der Waals surface area contributed by atoms with Crippen LogP contribution in [0, 0.1) is 6.92 Å². The van der Waals surface area contributed by atoms with Gasteiger partial charge in [0.2, 0.25) is 11.7 Å². The van der Waals surface area contributed by atoms with Gasteiger partial charge in [0, 0.05) is 37.0 Å². The van der Waals surface area contributed by atoms with Crippen molar-refractivity contribution in [2.75, 3.05) is 7.11 Å². The average Bonchev–Trinajstić information content (AvgIpc) is 3.33. The summed E-state index contributed by atoms with van der Waals surface area (Å²) >= 11 is 0. The van der Waals surface area contributed by atoms with Crippen LogP contribution in [0.1, 0.15) is 49.9 Å². The molecule has 1 aliphatic rings. The highest BCUT2D eigenvalue weighted by atomic mass is 16.5. The van der Waals surface area contributed by atoms with E-state index in [0.29, 0.717) is 11.9 Å². The van der Waals surface area contributed by atoms with Gasteiger partial charge in [-0.1, -0.05) is 30.3 Å². The summed E-state index contributed by atoms with van der Waals surface area (Å²) in [6.07, 6.45) is 8.24. The van der Waals surface area contributed by atoms with Crippen molar-refractivity contribution in [2.24, 2.45) is 0 Å². The number of methoxy groups -OCH3 is 1. The lowest BCUT2D eigenvalue weighted by Crippen LogP contribution is -2.31. The van der Waals surface area contributed by atoms with Crippen LogP contribution < -0.4 is 0 Å². The van der Waals surface area contributed by atoms with E-state index in [9.17, 15) is 0 Å². The van der Waals surface area contributed by atoms with E-state index in [1.807, 2.05) is 31.5 Å². The van der Waals surface area contributed by atoms with E-state index in [2.05, 4.69) is 33.8 Å². The molecule has 142 valence electrons. The second kappa shape index (κ2) is 7.27. The van der Waals surface area contributed by atoms with Crippen LogP contribution in [-0.4, -0.2) is 32.9 Å². The highest BCUT2D eigenvalue weighted by Crippen LogP contribution is 2.39. The molecule has 2 heterocycles. The number of nitrogens with zero attached hydrogens (tertiary/aromatic N) is 4. The molecule has 0 spiro atoms. The van der Waals surface area contributed by atoms with Gasteiger partial charge in [-0.05, 0) is 44.2 Å². The molecule has 6 nitrogen and oxygen atoms in total. The number of rotatable bonds is 5. The third kappa shape index (κ3) is 3.67. The zero-order valence-corrected chi connectivity index (χ0v) is 16.2. The SMILES string of the molecule is COC1CCC(C)(c2nc(-c3cccc(Cn4ccnc4C)c3)no2)CC1. The lowest BCUT2D eigenvalue weighted by Gasteiger charge is -2.33. The lowest BCUT2D eigenvalue weighted by molar-refractivity contribution is 0.0452. The van der Waals surface area contributed by atoms with E-state index in [1.54, 1.807) is 7.11 Å². The molecular weight excluding hydrogens is 340 g/mol. The van der Waals surface area contributed by atoms with E-state index >= 15 is 0 Å². The first kappa shape index (κ1) is 17.9. The maximum absolute atomic E-state index is 5.68. The van der Waals surface area contributed by atoms with E-state index in [0.717, 1.165) is 49.5 Å². The van der Waals surface area contributed by atoms with Crippen LogP contribution in [0.2, 0.25) is 0 Å². The van der Waals surface area contributed by atoms with Gasteiger partial charge in [-0.3, -0.25) is 0 Å². The molecule has 1 saturated carbocycles. The van der Waals surface area contributed by atoms with E-state index < -0.39 is 0 Å². The molecule has 0 amide bonds. The second-order valence-electron chi connectivity index (χ2n) is 7.72. The van der Waals surface area contributed by atoms with Gasteiger partial charge in [0.1, 0.15) is 5.82 Å². The molecule has 6 heteroatoms. The predicted molar refractivity (Wildman–Crippen MR) is 102 cm³/mol. The van der Waals surface area contributed by atoms with Crippen molar-refractivity contribution >= 4 is 0 Å². The van der Waals surface area contributed by atoms with Crippen LogP contribution in [0.5, 0.6) is 0 Å². The van der Waals surface area contributed by atoms with Crippen molar-refractivity contribution in [1.82, 2.24) is 19.7 Å². The molecule has 3 aromatic rings. The van der Waals surface area contributed by atoms with Crippen molar-refractivity contribution in [2.45, 2.75) is 57.6 Å². The fourth-order valence-electron chi connectivity index (χ4n) is 3.84. The molecule has 1 aromatic carbocycles. The van der Waals surface area contributed by atoms with Crippen LogP contribution in [0.4, 0.5) is 0 Å². The zero-order valence-electron chi connectivity index (χ0n) is 16.2. The number of imidazole rings is 1. The molecule has 0 atom stereocenters. The van der Waals surface area contributed by atoms with Gasteiger partial charge in [-0.15, -0.1) is 0 Å². The number of aryl methyl sites for hydroxylation is 1. The first-order valence-corrected chi connectivity index (χ1v) is 9.51. The summed E-state index contributed by atoms with van der Waals surface area (Å²) in [4.78, 5) is 9.03. The molecule has 27 heavy (non-hydrogen) atoms. The number of aromatic nitrogens is 4. The highest BCUT2D eigenvalue weighted by Gasteiger charge is 2.37. The van der Waals surface area contributed by atoms with Gasteiger partial charge in [0.05, 0.1) is 6.10 Å². The van der Waals surface area contributed by atoms with Crippen LogP contribution in [-0.2, 0) is 16.7 Å². The Balaban J connectivity index is 1.53. The average molecular weight is 366 g/mol. The fourth-order valence-corrected chi connectivity index (χ4v) is 3.84. The molecule has 0 saturated heterocycles. The van der Waals surface area contributed by atoms with Crippen molar-refractivity contribution in [3.05, 3.63) is 53.9 Å². The summed E-state index contributed by atoms with van der Waals surface area (Å²) in [5, 5.41) is 4.27. The molecule has 2 aromatic heterocycles. The van der Waals surface area contributed by atoms with Gasteiger partial charge in [0.15, 0.2) is 0 Å². The third-order valence-electron chi connectivity index (χ3n) is 5.77. The van der Waals surface area contributed by atoms with Crippen LogP contribution in [0.3, 0.4) is 0 Å². The summed E-state index contributed by atoms with van der Waals surface area (Å²) in [6, 6.07) is 8.30. The first-order chi connectivity index (χ1) is 13.1. The van der Waals surface area contributed by atoms with Gasteiger partial charge in [-0.2, -0.15) is 4.98 Å². The minimum atomic E-state index is -0.0637. The second-order valence-corrected chi connectivity index (χ2v) is 7.72. The maximum Gasteiger partial charge on any atom is 0.232 e. The molecule has 0 bridgehead atoms. The first-order valence-electron chi connectivity index (χ1n) is 9.51. The fraction of sp³-hybridized carbons (Fsp3) is 0.476. The summed E-state index contributed by atoms with van der Waals surface area (Å²) < 4.78 is 13.3. The molecular formula is C21H26N4O2. The van der Waals surface area contributed by atoms with Crippen LogP contribution in [0.25, 0.3) is 11.4 Å². The minimum Gasteiger partial charge on any atom is -0.381 e. The molecule has 0 radical (unpaired) electrons. The van der Waals surface area contributed by atoms with Crippen molar-refractivity contribution in [1.29, 1.82) is 0 Å². The van der Waals surface area contributed by atoms with Gasteiger partial charge < -0.3 is 13.8 Å². The Morgan fingerprint density at radius 1 is 1.30 bits per heavy atom. The highest BCUT2D eigenvalue weighted by molar-refractivity contribution is 5.55. The molecule has 0 N–H and O–H groups in total. The third-order valence-corrected chi connectivity index (χ3v) is 5.77. The van der Waals surface area contributed by atoms with Crippen LogP contribution >= 0.6 is 0 Å². The summed E-state index contributed by atoms with van der Waals surface area (Å²) in [5.74, 6) is 2.40. The Kier molecular flexibility index (Phi) is 4.83. The quantitative estimate of drug-likeness (QED) is 0.679. The van der Waals surface area contributed by atoms with Gasteiger partial charge in [0.25, 0.3) is 0 Å².